The van der Waals surface area contributed by atoms with Crippen molar-refractivity contribution in [2.24, 2.45) is 5.73 Å². The van der Waals surface area contributed by atoms with Crippen LogP contribution in [-0.4, -0.2) is 49.6 Å². The highest BCUT2D eigenvalue weighted by Crippen LogP contribution is 2.35. The maximum Gasteiger partial charge on any atom is 0.248 e. The number of carbonyl (C=O) groups is 1. The molecule has 0 spiro atoms. The van der Waals surface area contributed by atoms with Crippen LogP contribution in [0.1, 0.15) is 40.9 Å². The summed E-state index contributed by atoms with van der Waals surface area (Å²) in [6.45, 7) is 6.81. The van der Waals surface area contributed by atoms with Gasteiger partial charge in [0.05, 0.1) is 18.4 Å². The number of hydrogen-bond acceptors (Lipinski definition) is 5. The van der Waals surface area contributed by atoms with Gasteiger partial charge in [-0.2, -0.15) is 0 Å². The van der Waals surface area contributed by atoms with Gasteiger partial charge in [-0.15, -0.1) is 11.3 Å². The molecule has 3 aromatic rings. The molecule has 1 aromatic heterocycles. The van der Waals surface area contributed by atoms with E-state index in [0.29, 0.717) is 18.2 Å². The molecule has 0 aliphatic carbocycles. The van der Waals surface area contributed by atoms with Crippen molar-refractivity contribution in [2.75, 3.05) is 37.7 Å². The first-order chi connectivity index (χ1) is 15.5. The van der Waals surface area contributed by atoms with E-state index < -0.39 is 0 Å². The maximum atomic E-state index is 13.5. The Labute approximate surface area is 191 Å². The lowest BCUT2D eigenvalue weighted by Gasteiger charge is -2.41. The predicted molar refractivity (Wildman–Crippen MR) is 127 cm³/mol. The van der Waals surface area contributed by atoms with Crippen molar-refractivity contribution in [1.29, 1.82) is 0 Å². The Kier molecular flexibility index (Phi) is 5.88. The summed E-state index contributed by atoms with van der Waals surface area (Å²) >= 11 is 1.61. The number of primary amides is 1. The second-order valence-corrected chi connectivity index (χ2v) is 9.68. The molecular formula is C25H28FN3O2S. The molecule has 3 heterocycles. The summed E-state index contributed by atoms with van der Waals surface area (Å²) in [5, 5.41) is 3.29. The fourth-order valence-corrected chi connectivity index (χ4v) is 5.99. The van der Waals surface area contributed by atoms with Crippen molar-refractivity contribution in [1.82, 2.24) is 4.90 Å². The van der Waals surface area contributed by atoms with E-state index in [1.807, 2.05) is 18.2 Å². The first-order valence-corrected chi connectivity index (χ1v) is 12.1. The molecule has 1 fully saturated rings. The summed E-state index contributed by atoms with van der Waals surface area (Å²) in [5.74, 6) is -0.562. The Balaban J connectivity index is 1.22. The second kappa shape index (κ2) is 8.81. The van der Waals surface area contributed by atoms with Crippen LogP contribution in [0.15, 0.2) is 41.8 Å². The van der Waals surface area contributed by atoms with Gasteiger partial charge in [-0.1, -0.05) is 6.07 Å². The smallest absolute Gasteiger partial charge is 0.248 e. The van der Waals surface area contributed by atoms with Crippen LogP contribution >= 0.6 is 11.3 Å². The van der Waals surface area contributed by atoms with E-state index in [9.17, 15) is 9.18 Å². The number of nitrogens with two attached hydrogens (primary N) is 1. The maximum absolute atomic E-state index is 13.5. The topological polar surface area (TPSA) is 58.8 Å². The molecule has 2 N–H and O–H groups in total. The molecule has 0 radical (unpaired) electrons. The molecule has 1 unspecified atom stereocenters. The van der Waals surface area contributed by atoms with E-state index in [2.05, 4.69) is 22.1 Å². The molecule has 0 bridgehead atoms. The van der Waals surface area contributed by atoms with Crippen molar-refractivity contribution < 1.29 is 13.9 Å². The van der Waals surface area contributed by atoms with Gasteiger partial charge < -0.3 is 15.4 Å². The number of ether oxygens (including phenoxy) is 1. The van der Waals surface area contributed by atoms with Gasteiger partial charge in [0, 0.05) is 53.3 Å². The normalized spacial score (nSPS) is 21.6. The molecule has 5 nitrogen and oxygen atoms in total. The molecule has 7 heteroatoms. The number of carbonyl (C=O) groups excluding carboxylic acids is 1. The van der Waals surface area contributed by atoms with Crippen LogP contribution in [0.3, 0.4) is 0 Å². The zero-order valence-electron chi connectivity index (χ0n) is 18.2. The van der Waals surface area contributed by atoms with Crippen LogP contribution in [0.2, 0.25) is 0 Å². The first kappa shape index (κ1) is 21.4. The standard InChI is InChI=1S/C25H28FN3O2S/c1-16-14-29(22-15-32-24-13-19(26)3-5-21(22)24)10-9-28(16)8-6-23-20-4-2-18(25(27)30)12-17(20)7-11-31-23/h2-5,12-13,15-16,23H,6-11,14H2,1H3,(H2,27,30)/t16-,23?/m1/s1. The van der Waals surface area contributed by atoms with Gasteiger partial charge in [0.2, 0.25) is 5.91 Å². The minimum atomic E-state index is -0.383. The molecule has 2 atom stereocenters. The number of fused-ring (bicyclic) bond motifs is 2. The average molecular weight is 454 g/mol. The number of anilines is 1. The van der Waals surface area contributed by atoms with Gasteiger partial charge in [-0.25, -0.2) is 4.39 Å². The lowest BCUT2D eigenvalue weighted by atomic mass is 9.93. The van der Waals surface area contributed by atoms with E-state index in [-0.39, 0.29) is 17.8 Å². The van der Waals surface area contributed by atoms with Crippen molar-refractivity contribution in [3.05, 3.63) is 64.3 Å². The highest BCUT2D eigenvalue weighted by molar-refractivity contribution is 7.17. The van der Waals surface area contributed by atoms with E-state index in [1.165, 1.54) is 16.8 Å². The second-order valence-electron chi connectivity index (χ2n) is 8.77. The Hall–Kier alpha value is -2.48. The zero-order chi connectivity index (χ0) is 22.2. The Morgan fingerprint density at radius 1 is 1.25 bits per heavy atom. The van der Waals surface area contributed by atoms with Crippen LogP contribution in [0.25, 0.3) is 10.1 Å². The summed E-state index contributed by atoms with van der Waals surface area (Å²) in [6, 6.07) is 11.2. The molecule has 1 amide bonds. The summed E-state index contributed by atoms with van der Waals surface area (Å²) in [7, 11) is 0. The zero-order valence-corrected chi connectivity index (χ0v) is 19.0. The number of hydrogen-bond donors (Lipinski definition) is 1. The monoisotopic (exact) mass is 453 g/mol. The summed E-state index contributed by atoms with van der Waals surface area (Å²) in [5.41, 5.74) is 9.58. The summed E-state index contributed by atoms with van der Waals surface area (Å²) in [4.78, 5) is 16.5. The Morgan fingerprint density at radius 3 is 2.94 bits per heavy atom. The molecule has 5 rings (SSSR count). The fraction of sp³-hybridized carbons (Fsp3) is 0.400. The van der Waals surface area contributed by atoms with Crippen LogP contribution in [-0.2, 0) is 11.2 Å². The van der Waals surface area contributed by atoms with Crippen LogP contribution in [0, 0.1) is 5.82 Å². The number of halogens is 1. The largest absolute Gasteiger partial charge is 0.373 e. The number of thiophene rings is 1. The highest BCUT2D eigenvalue weighted by atomic mass is 32.1. The first-order valence-electron chi connectivity index (χ1n) is 11.2. The molecule has 2 aliphatic rings. The molecule has 0 saturated carbocycles. The van der Waals surface area contributed by atoms with Gasteiger partial charge in [-0.3, -0.25) is 9.69 Å². The lowest BCUT2D eigenvalue weighted by Crippen LogP contribution is -2.52. The highest BCUT2D eigenvalue weighted by Gasteiger charge is 2.28. The summed E-state index contributed by atoms with van der Waals surface area (Å²) < 4.78 is 20.6. The molecular weight excluding hydrogens is 425 g/mol. The molecule has 2 aliphatic heterocycles. The van der Waals surface area contributed by atoms with Crippen molar-refractivity contribution >= 4 is 33.0 Å². The third kappa shape index (κ3) is 4.12. The van der Waals surface area contributed by atoms with Gasteiger partial charge in [0.1, 0.15) is 5.82 Å². The Morgan fingerprint density at radius 2 is 2.12 bits per heavy atom. The number of benzene rings is 2. The van der Waals surface area contributed by atoms with Gasteiger partial charge in [0.15, 0.2) is 0 Å². The Bertz CT molecular complexity index is 1150. The van der Waals surface area contributed by atoms with Gasteiger partial charge in [-0.05, 0) is 61.2 Å². The van der Waals surface area contributed by atoms with Crippen molar-refractivity contribution in [2.45, 2.75) is 31.9 Å². The lowest BCUT2D eigenvalue weighted by molar-refractivity contribution is 0.0255. The minimum absolute atomic E-state index is 0.0571. The number of piperazine rings is 1. The van der Waals surface area contributed by atoms with Gasteiger partial charge >= 0.3 is 0 Å². The molecule has 168 valence electrons. The van der Waals surface area contributed by atoms with Crippen LogP contribution < -0.4 is 10.6 Å². The van der Waals surface area contributed by atoms with E-state index in [0.717, 1.165) is 49.1 Å². The number of amides is 1. The fourth-order valence-electron chi connectivity index (χ4n) is 4.99. The molecule has 1 saturated heterocycles. The summed E-state index contributed by atoms with van der Waals surface area (Å²) in [6.07, 6.45) is 1.80. The number of rotatable bonds is 5. The third-order valence-electron chi connectivity index (χ3n) is 6.77. The SMILES string of the molecule is C[C@@H]1CN(c2csc3cc(F)ccc23)CCN1CCC1OCCc2cc(C(N)=O)ccc21. The van der Waals surface area contributed by atoms with E-state index >= 15 is 0 Å². The minimum Gasteiger partial charge on any atom is -0.373 e. The number of nitrogens with zero attached hydrogens (tertiary/aromatic N) is 2. The molecule has 32 heavy (non-hydrogen) atoms. The predicted octanol–water partition coefficient (Wildman–Crippen LogP) is 4.35. The van der Waals surface area contributed by atoms with Crippen molar-refractivity contribution in [3.63, 3.8) is 0 Å². The average Bonchev–Trinajstić information content (AvgIpc) is 3.20. The van der Waals surface area contributed by atoms with Crippen LogP contribution in [0.5, 0.6) is 0 Å². The van der Waals surface area contributed by atoms with Crippen molar-refractivity contribution in [3.8, 4) is 0 Å². The quantitative estimate of drug-likeness (QED) is 0.624. The van der Waals surface area contributed by atoms with E-state index in [4.69, 9.17) is 10.5 Å². The van der Waals surface area contributed by atoms with Crippen LogP contribution in [0.4, 0.5) is 10.1 Å². The van der Waals surface area contributed by atoms with Gasteiger partial charge in [0.25, 0.3) is 0 Å². The molecule has 2 aromatic carbocycles. The third-order valence-corrected chi connectivity index (χ3v) is 7.70. The van der Waals surface area contributed by atoms with E-state index in [1.54, 1.807) is 29.5 Å².